The zero-order chi connectivity index (χ0) is 23.3. The molecule has 0 unspecified atom stereocenters. The summed E-state index contributed by atoms with van der Waals surface area (Å²) in [6.07, 6.45) is 4.37. The molecule has 0 spiro atoms. The van der Waals surface area contributed by atoms with E-state index in [-0.39, 0.29) is 11.3 Å². The number of nitrogens with one attached hydrogen (secondary N) is 1. The van der Waals surface area contributed by atoms with Gasteiger partial charge in [0.25, 0.3) is 5.91 Å². The van der Waals surface area contributed by atoms with Gasteiger partial charge in [-0.1, -0.05) is 56.0 Å². The number of rotatable bonds is 10. The van der Waals surface area contributed by atoms with Crippen LogP contribution in [0.2, 0.25) is 10.0 Å². The van der Waals surface area contributed by atoms with Crippen molar-refractivity contribution in [1.29, 1.82) is 0 Å². The second-order valence-corrected chi connectivity index (χ2v) is 10.5. The highest BCUT2D eigenvalue weighted by Crippen LogP contribution is 2.32. The van der Waals surface area contributed by atoms with Crippen LogP contribution in [0.4, 0.5) is 0 Å². The van der Waals surface area contributed by atoms with Crippen molar-refractivity contribution in [3.8, 4) is 0 Å². The third kappa shape index (κ3) is 6.06. The topological polar surface area (TPSA) is 76.4 Å². The van der Waals surface area contributed by atoms with Crippen LogP contribution in [-0.4, -0.2) is 20.1 Å². The third-order valence-corrected chi connectivity index (χ3v) is 7.17. The van der Waals surface area contributed by atoms with Crippen molar-refractivity contribution in [1.82, 2.24) is 4.72 Å². The fourth-order valence-corrected chi connectivity index (χ4v) is 5.17. The Bertz CT molecular complexity index is 1220. The molecule has 3 rings (SSSR count). The first kappa shape index (κ1) is 24.6. The smallest absolute Gasteiger partial charge is 0.264 e. The summed E-state index contributed by atoms with van der Waals surface area (Å²) in [6, 6.07) is 10.3. The van der Waals surface area contributed by atoms with Crippen LogP contribution in [0.1, 0.15) is 66.8 Å². The predicted octanol–water partition coefficient (Wildman–Crippen LogP) is 6.53. The van der Waals surface area contributed by atoms with Crippen LogP contribution in [-0.2, 0) is 22.9 Å². The van der Waals surface area contributed by atoms with Gasteiger partial charge in [-0.15, -0.1) is 0 Å². The second kappa shape index (κ2) is 10.7. The Labute approximate surface area is 199 Å². The van der Waals surface area contributed by atoms with Gasteiger partial charge in [0, 0.05) is 39.4 Å². The van der Waals surface area contributed by atoms with Crippen LogP contribution in [0.15, 0.2) is 40.8 Å². The molecule has 1 amide bonds. The van der Waals surface area contributed by atoms with Crippen LogP contribution in [0.3, 0.4) is 0 Å². The van der Waals surface area contributed by atoms with Crippen LogP contribution in [0.5, 0.6) is 0 Å². The third-order valence-electron chi connectivity index (χ3n) is 5.26. The molecule has 5 nitrogen and oxygen atoms in total. The van der Waals surface area contributed by atoms with Crippen molar-refractivity contribution in [2.75, 3.05) is 5.75 Å². The highest BCUT2D eigenvalue weighted by molar-refractivity contribution is 7.90. The first-order chi connectivity index (χ1) is 15.2. The van der Waals surface area contributed by atoms with Crippen molar-refractivity contribution < 1.29 is 17.6 Å². The van der Waals surface area contributed by atoms with Crippen LogP contribution < -0.4 is 4.72 Å². The SMILES string of the molecule is CCCCCS(=O)(=O)NC(=O)c1ccc2oc(CCC)c(Cc3ccc(Cl)cc3Cl)c2c1. The van der Waals surface area contributed by atoms with Crippen LogP contribution >= 0.6 is 23.2 Å². The minimum atomic E-state index is -3.68. The summed E-state index contributed by atoms with van der Waals surface area (Å²) >= 11 is 12.4. The van der Waals surface area contributed by atoms with Crippen LogP contribution in [0.25, 0.3) is 11.0 Å². The molecule has 1 aromatic heterocycles. The molecule has 0 fully saturated rings. The van der Waals surface area contributed by atoms with E-state index in [2.05, 4.69) is 11.6 Å². The Morgan fingerprint density at radius 2 is 1.81 bits per heavy atom. The van der Waals surface area contributed by atoms with Gasteiger partial charge in [-0.05, 0) is 48.7 Å². The molecular formula is C24H27Cl2NO4S. The minimum absolute atomic E-state index is 0.0680. The largest absolute Gasteiger partial charge is 0.461 e. The van der Waals surface area contributed by atoms with Crippen molar-refractivity contribution in [2.24, 2.45) is 0 Å². The lowest BCUT2D eigenvalue weighted by atomic mass is 9.99. The number of hydrogen-bond acceptors (Lipinski definition) is 4. The van der Waals surface area contributed by atoms with Crippen molar-refractivity contribution in [3.63, 3.8) is 0 Å². The maximum Gasteiger partial charge on any atom is 0.264 e. The molecule has 0 saturated carbocycles. The number of unbranched alkanes of at least 4 members (excludes halogenated alkanes) is 2. The molecule has 8 heteroatoms. The number of fused-ring (bicyclic) bond motifs is 1. The summed E-state index contributed by atoms with van der Waals surface area (Å²) in [5.41, 5.74) is 2.75. The van der Waals surface area contributed by atoms with E-state index in [4.69, 9.17) is 27.6 Å². The molecule has 1 N–H and O–H groups in total. The van der Waals surface area contributed by atoms with E-state index in [9.17, 15) is 13.2 Å². The number of halogens is 2. The van der Waals surface area contributed by atoms with Crippen molar-refractivity contribution in [2.45, 2.75) is 52.4 Å². The molecule has 0 bridgehead atoms. The number of aryl methyl sites for hydroxylation is 1. The predicted molar refractivity (Wildman–Crippen MR) is 130 cm³/mol. The first-order valence-electron chi connectivity index (χ1n) is 10.8. The van der Waals surface area contributed by atoms with Gasteiger partial charge in [0.15, 0.2) is 0 Å². The van der Waals surface area contributed by atoms with E-state index < -0.39 is 15.9 Å². The van der Waals surface area contributed by atoms with E-state index in [0.29, 0.717) is 28.5 Å². The lowest BCUT2D eigenvalue weighted by Gasteiger charge is -2.08. The molecular weight excluding hydrogens is 469 g/mol. The van der Waals surface area contributed by atoms with Crippen LogP contribution in [0, 0.1) is 0 Å². The summed E-state index contributed by atoms with van der Waals surface area (Å²) < 4.78 is 32.7. The summed E-state index contributed by atoms with van der Waals surface area (Å²) in [4.78, 5) is 12.7. The number of carbonyl (C=O) groups is 1. The maximum atomic E-state index is 12.7. The molecule has 0 atom stereocenters. The lowest BCUT2D eigenvalue weighted by Crippen LogP contribution is -2.32. The zero-order valence-electron chi connectivity index (χ0n) is 18.2. The summed E-state index contributed by atoms with van der Waals surface area (Å²) in [6.45, 7) is 4.06. The summed E-state index contributed by atoms with van der Waals surface area (Å²) in [7, 11) is -3.68. The van der Waals surface area contributed by atoms with Gasteiger partial charge in [-0.2, -0.15) is 0 Å². The van der Waals surface area contributed by atoms with E-state index in [1.165, 1.54) is 0 Å². The van der Waals surface area contributed by atoms with E-state index in [1.54, 1.807) is 30.3 Å². The van der Waals surface area contributed by atoms with Gasteiger partial charge >= 0.3 is 0 Å². The molecule has 1 heterocycles. The Kier molecular flexibility index (Phi) is 8.26. The van der Waals surface area contributed by atoms with Gasteiger partial charge in [0.2, 0.25) is 10.0 Å². The molecule has 172 valence electrons. The molecule has 0 aliphatic carbocycles. The molecule has 2 aromatic carbocycles. The quantitative estimate of drug-likeness (QED) is 0.324. The minimum Gasteiger partial charge on any atom is -0.461 e. The Morgan fingerprint density at radius 1 is 1.03 bits per heavy atom. The van der Waals surface area contributed by atoms with E-state index in [0.717, 1.165) is 48.0 Å². The molecule has 0 aliphatic rings. The normalized spacial score (nSPS) is 11.8. The number of benzene rings is 2. The van der Waals surface area contributed by atoms with Gasteiger partial charge in [0.1, 0.15) is 11.3 Å². The Hall–Kier alpha value is -2.02. The average molecular weight is 496 g/mol. The maximum absolute atomic E-state index is 12.7. The van der Waals surface area contributed by atoms with Gasteiger partial charge in [-0.3, -0.25) is 4.79 Å². The van der Waals surface area contributed by atoms with Crippen molar-refractivity contribution in [3.05, 3.63) is 68.9 Å². The lowest BCUT2D eigenvalue weighted by molar-refractivity contribution is 0.0981. The molecule has 0 saturated heterocycles. The monoisotopic (exact) mass is 495 g/mol. The van der Waals surface area contributed by atoms with E-state index in [1.807, 2.05) is 13.0 Å². The van der Waals surface area contributed by atoms with E-state index >= 15 is 0 Å². The molecule has 32 heavy (non-hydrogen) atoms. The number of furan rings is 1. The number of sulfonamides is 1. The summed E-state index contributed by atoms with van der Waals surface area (Å²) in [5, 5.41) is 1.89. The second-order valence-electron chi connectivity index (χ2n) is 7.83. The highest BCUT2D eigenvalue weighted by Gasteiger charge is 2.20. The molecule has 0 radical (unpaired) electrons. The van der Waals surface area contributed by atoms with Gasteiger partial charge < -0.3 is 4.42 Å². The Balaban J connectivity index is 1.94. The number of carbonyl (C=O) groups excluding carboxylic acids is 1. The highest BCUT2D eigenvalue weighted by atomic mass is 35.5. The van der Waals surface area contributed by atoms with Gasteiger partial charge in [0.05, 0.1) is 5.75 Å². The fourth-order valence-electron chi connectivity index (χ4n) is 3.61. The first-order valence-corrected chi connectivity index (χ1v) is 13.2. The number of amides is 1. The average Bonchev–Trinajstić information content (AvgIpc) is 3.06. The zero-order valence-corrected chi connectivity index (χ0v) is 20.5. The fraction of sp³-hybridized carbons (Fsp3) is 0.375. The molecule has 0 aliphatic heterocycles. The Morgan fingerprint density at radius 3 is 2.50 bits per heavy atom. The van der Waals surface area contributed by atoms with Crippen molar-refractivity contribution >= 4 is 50.1 Å². The molecule has 3 aromatic rings. The number of hydrogen-bond donors (Lipinski definition) is 1. The van der Waals surface area contributed by atoms with Gasteiger partial charge in [-0.25, -0.2) is 13.1 Å². The summed E-state index contributed by atoms with van der Waals surface area (Å²) in [5.74, 6) is 0.122. The standard InChI is InChI=1S/C24H27Cl2NO4S/c1-3-5-6-12-32(29,30)27-24(28)17-9-11-23-20(14-17)19(22(31-23)7-4-2)13-16-8-10-18(25)15-21(16)26/h8-11,14-15H,3-7,12-13H2,1-2H3,(H,27,28).